The second kappa shape index (κ2) is 11.6. The molecular formula is C26H27BrF3N3O4S2. The van der Waals surface area contributed by atoms with Gasteiger partial charge in [-0.25, -0.2) is 26.4 Å². The number of amides is 1. The average Bonchev–Trinajstić information content (AvgIpc) is 3.31. The van der Waals surface area contributed by atoms with Crippen molar-refractivity contribution in [2.45, 2.75) is 57.1 Å². The highest BCUT2D eigenvalue weighted by Gasteiger charge is 2.40. The molecule has 1 aliphatic heterocycles. The topological polar surface area (TPSA) is 79.8 Å². The third-order valence-corrected chi connectivity index (χ3v) is 9.20. The highest BCUT2D eigenvalue weighted by atomic mass is 79.9. The van der Waals surface area contributed by atoms with Crippen LogP contribution < -0.4 is 4.31 Å². The number of halogens is 4. The third kappa shape index (κ3) is 6.47. The number of carbonyl (C=O) groups excluding carboxylic acids is 1. The molecule has 0 aliphatic carbocycles. The summed E-state index contributed by atoms with van der Waals surface area (Å²) in [4.78, 5) is 13.7. The molecule has 0 N–H and O–H groups in total. The molecule has 0 saturated carbocycles. The van der Waals surface area contributed by atoms with Crippen molar-refractivity contribution >= 4 is 49.4 Å². The molecule has 1 aliphatic rings. The van der Waals surface area contributed by atoms with E-state index in [1.54, 1.807) is 6.07 Å². The Bertz CT molecular complexity index is 1470. The van der Waals surface area contributed by atoms with Gasteiger partial charge in [-0.15, -0.1) is 4.31 Å². The molecule has 0 atom stereocenters. The molecule has 13 heteroatoms. The number of hydrogen-bond acceptors (Lipinski definition) is 7. The number of likely N-dealkylation sites (tertiary alicyclic amines) is 1. The summed E-state index contributed by atoms with van der Waals surface area (Å²) < 4.78 is 81.6. The number of hydrogen-bond donors (Lipinski definition) is 0. The monoisotopic (exact) mass is 645 g/mol. The summed E-state index contributed by atoms with van der Waals surface area (Å²) in [5.74, 6) is -3.59. The van der Waals surface area contributed by atoms with Gasteiger partial charge in [0.05, 0.1) is 4.47 Å². The Hall–Kier alpha value is -2.48. The lowest BCUT2D eigenvalue weighted by molar-refractivity contribution is 0.0608. The molecule has 39 heavy (non-hydrogen) atoms. The van der Waals surface area contributed by atoms with Crippen molar-refractivity contribution in [2.75, 3.05) is 17.4 Å². The van der Waals surface area contributed by atoms with Gasteiger partial charge in [-0.05, 0) is 115 Å². The van der Waals surface area contributed by atoms with Crippen molar-refractivity contribution in [1.29, 1.82) is 0 Å². The first-order chi connectivity index (χ1) is 18.3. The lowest BCUT2D eigenvalue weighted by Gasteiger charge is -2.31. The summed E-state index contributed by atoms with van der Waals surface area (Å²) in [7, 11) is -5.13. The molecule has 2 heterocycles. The quantitative estimate of drug-likeness (QED) is 0.262. The predicted octanol–water partition coefficient (Wildman–Crippen LogP) is 6.44. The summed E-state index contributed by atoms with van der Waals surface area (Å²) in [5, 5.41) is 1.41. The second-order valence-corrected chi connectivity index (χ2v) is 13.3. The Morgan fingerprint density at radius 1 is 1.13 bits per heavy atom. The maximum absolute atomic E-state index is 15.6. The number of ether oxygens (including phenoxy) is 1. The zero-order valence-corrected chi connectivity index (χ0v) is 24.7. The van der Waals surface area contributed by atoms with E-state index in [-0.39, 0.29) is 33.0 Å². The fourth-order valence-electron chi connectivity index (χ4n) is 4.14. The molecule has 1 amide bonds. The second-order valence-electron chi connectivity index (χ2n) is 10.1. The van der Waals surface area contributed by atoms with Crippen LogP contribution in [0.25, 0.3) is 0 Å². The minimum atomic E-state index is -5.13. The van der Waals surface area contributed by atoms with Gasteiger partial charge in [0.2, 0.25) is 0 Å². The fraction of sp³-hybridized carbons (Fsp3) is 0.385. The number of aromatic nitrogens is 1. The number of rotatable bonds is 8. The van der Waals surface area contributed by atoms with E-state index >= 15 is 8.78 Å². The zero-order chi connectivity index (χ0) is 28.5. The molecule has 0 bridgehead atoms. The number of aryl methyl sites for hydroxylation is 1. The van der Waals surface area contributed by atoms with Crippen molar-refractivity contribution in [3.63, 3.8) is 0 Å². The van der Waals surface area contributed by atoms with Crippen LogP contribution in [0.5, 0.6) is 0 Å². The largest absolute Gasteiger partial charge is 0.443 e. The van der Waals surface area contributed by atoms with Gasteiger partial charge in [0.1, 0.15) is 17.2 Å². The normalized spacial score (nSPS) is 14.2. The molecule has 1 fully saturated rings. The lowest BCUT2D eigenvalue weighted by Crippen LogP contribution is -2.41. The maximum atomic E-state index is 15.6. The molecule has 0 unspecified atom stereocenters. The molecular weight excluding hydrogens is 619 g/mol. The van der Waals surface area contributed by atoms with Gasteiger partial charge >= 0.3 is 6.09 Å². The summed E-state index contributed by atoms with van der Waals surface area (Å²) in [5.41, 5.74) is 0.249. The van der Waals surface area contributed by atoms with E-state index in [4.69, 9.17) is 4.74 Å². The zero-order valence-electron chi connectivity index (χ0n) is 21.5. The molecule has 3 aromatic rings. The van der Waals surface area contributed by atoms with E-state index in [0.717, 1.165) is 42.7 Å². The standard InChI is InChI=1S/C26H27BrF3N3O4S2/c1-26(2,3)37-25(34)33(21-10-13-38-31-21)39(35,36)24-20(29)14-16(22(27)23(24)30)8-9-18-17(6-4-7-19(18)28)15-32-11-5-12-32/h4,6-7,10,13-14H,5,8-9,11-12,15H2,1-3H3. The number of sulfonamides is 1. The van der Waals surface area contributed by atoms with Crippen molar-refractivity contribution < 1.29 is 31.1 Å². The van der Waals surface area contributed by atoms with Crippen molar-refractivity contribution in [3.8, 4) is 0 Å². The van der Waals surface area contributed by atoms with Crippen LogP contribution in [0.2, 0.25) is 0 Å². The molecule has 0 radical (unpaired) electrons. The third-order valence-electron chi connectivity index (χ3n) is 6.08. The summed E-state index contributed by atoms with van der Waals surface area (Å²) in [6.07, 6.45) is -0.104. The predicted molar refractivity (Wildman–Crippen MR) is 146 cm³/mol. The number of carbonyl (C=O) groups is 1. The van der Waals surface area contributed by atoms with Crippen LogP contribution in [0.1, 0.15) is 43.9 Å². The first kappa shape index (κ1) is 29.5. The van der Waals surface area contributed by atoms with Crippen LogP contribution in [-0.2, 0) is 34.1 Å². The fourth-order valence-corrected chi connectivity index (χ4v) is 6.72. The smallest absolute Gasteiger partial charge is 0.430 e. The Morgan fingerprint density at radius 2 is 1.85 bits per heavy atom. The Kier molecular flexibility index (Phi) is 8.74. The van der Waals surface area contributed by atoms with Crippen LogP contribution in [0.3, 0.4) is 0 Å². The van der Waals surface area contributed by atoms with Gasteiger partial charge in [0, 0.05) is 11.9 Å². The first-order valence-electron chi connectivity index (χ1n) is 12.1. The van der Waals surface area contributed by atoms with Gasteiger partial charge in [-0.2, -0.15) is 4.37 Å². The average molecular weight is 647 g/mol. The molecule has 210 valence electrons. The highest BCUT2D eigenvalue weighted by Crippen LogP contribution is 2.35. The first-order valence-corrected chi connectivity index (χ1v) is 15.2. The highest BCUT2D eigenvalue weighted by molar-refractivity contribution is 9.10. The van der Waals surface area contributed by atoms with E-state index in [9.17, 15) is 17.6 Å². The number of benzene rings is 2. The van der Waals surface area contributed by atoms with Crippen molar-refractivity contribution in [3.05, 3.63) is 74.3 Å². The Balaban J connectivity index is 1.67. The van der Waals surface area contributed by atoms with Gasteiger partial charge in [0.25, 0.3) is 10.0 Å². The molecule has 4 rings (SSSR count). The van der Waals surface area contributed by atoms with E-state index in [2.05, 4.69) is 25.2 Å². The Labute approximate surface area is 237 Å². The van der Waals surface area contributed by atoms with Crippen LogP contribution >= 0.6 is 27.5 Å². The van der Waals surface area contributed by atoms with E-state index < -0.39 is 44.1 Å². The van der Waals surface area contributed by atoms with Crippen molar-refractivity contribution in [1.82, 2.24) is 9.27 Å². The molecule has 1 aromatic heterocycles. The maximum Gasteiger partial charge on any atom is 0.430 e. The van der Waals surface area contributed by atoms with E-state index in [1.165, 1.54) is 38.3 Å². The van der Waals surface area contributed by atoms with Gasteiger partial charge in [0.15, 0.2) is 16.5 Å². The van der Waals surface area contributed by atoms with Crippen LogP contribution in [0, 0.1) is 17.5 Å². The number of nitrogens with zero attached hydrogens (tertiary/aromatic N) is 3. The summed E-state index contributed by atoms with van der Waals surface area (Å²) in [6.45, 7) is 6.99. The van der Waals surface area contributed by atoms with Crippen LogP contribution in [0.4, 0.5) is 23.8 Å². The number of anilines is 1. The minimum absolute atomic E-state index is 0.0323. The summed E-state index contributed by atoms with van der Waals surface area (Å²) in [6, 6.07) is 6.89. The SMILES string of the molecule is CC(C)(C)OC(=O)N(c1ccsn1)S(=O)(=O)c1c(F)cc(CCc2c(F)cccc2CN2CCC2)c(Br)c1F. The minimum Gasteiger partial charge on any atom is -0.443 e. The molecule has 0 spiro atoms. The van der Waals surface area contributed by atoms with Gasteiger partial charge in [-0.3, -0.25) is 4.90 Å². The lowest BCUT2D eigenvalue weighted by atomic mass is 9.98. The summed E-state index contributed by atoms with van der Waals surface area (Å²) >= 11 is 3.91. The molecule has 7 nitrogen and oxygen atoms in total. The van der Waals surface area contributed by atoms with Gasteiger partial charge < -0.3 is 4.74 Å². The van der Waals surface area contributed by atoms with Crippen molar-refractivity contribution in [2.24, 2.45) is 0 Å². The molecule has 1 saturated heterocycles. The van der Waals surface area contributed by atoms with Crippen LogP contribution in [-0.4, -0.2) is 42.5 Å². The van der Waals surface area contributed by atoms with Crippen LogP contribution in [0.15, 0.2) is 45.1 Å². The Morgan fingerprint density at radius 3 is 2.44 bits per heavy atom. The van der Waals surface area contributed by atoms with E-state index in [1.807, 2.05) is 6.07 Å². The van der Waals surface area contributed by atoms with Gasteiger partial charge in [-0.1, -0.05) is 12.1 Å². The van der Waals surface area contributed by atoms with E-state index in [0.29, 0.717) is 12.1 Å². The molecule has 2 aromatic carbocycles.